The van der Waals surface area contributed by atoms with Crippen LogP contribution in [0.1, 0.15) is 39.0 Å². The second kappa shape index (κ2) is 10.8. The maximum atomic E-state index is 13.5. The van der Waals surface area contributed by atoms with Crippen LogP contribution in [-0.2, 0) is 4.79 Å². The van der Waals surface area contributed by atoms with Crippen molar-refractivity contribution in [1.82, 2.24) is 4.98 Å². The summed E-state index contributed by atoms with van der Waals surface area (Å²) in [6.45, 7) is 7.21. The molecule has 1 aromatic carbocycles. The van der Waals surface area contributed by atoms with Crippen molar-refractivity contribution >= 4 is 17.4 Å². The Kier molecular flexibility index (Phi) is 7.63. The molecule has 1 amide bonds. The Morgan fingerprint density at radius 1 is 1.12 bits per heavy atom. The lowest BCUT2D eigenvalue weighted by molar-refractivity contribution is -0.901. The Morgan fingerprint density at radius 2 is 1.84 bits per heavy atom. The van der Waals surface area contributed by atoms with Crippen molar-refractivity contribution in [2.75, 3.05) is 49.6 Å². The number of benzene rings is 1. The molecular formula is C26H37N4O2+. The van der Waals surface area contributed by atoms with Gasteiger partial charge in [-0.05, 0) is 44.0 Å². The van der Waals surface area contributed by atoms with Crippen molar-refractivity contribution in [3.63, 3.8) is 0 Å². The maximum absolute atomic E-state index is 13.5. The molecule has 2 fully saturated rings. The SMILES string of the molecule is COc1ccccc1N1CC[NH+](C[C@@H](C)N(C(=O)C2CCCCC2)c2ccccn2)CC1. The van der Waals surface area contributed by atoms with Gasteiger partial charge in [-0.2, -0.15) is 0 Å². The molecule has 1 aliphatic carbocycles. The molecule has 32 heavy (non-hydrogen) atoms. The largest absolute Gasteiger partial charge is 0.495 e. The van der Waals surface area contributed by atoms with Gasteiger partial charge in [-0.15, -0.1) is 0 Å². The van der Waals surface area contributed by atoms with Crippen LogP contribution in [0, 0.1) is 5.92 Å². The molecule has 1 N–H and O–H groups in total. The van der Waals surface area contributed by atoms with Crippen LogP contribution in [0.5, 0.6) is 5.75 Å². The van der Waals surface area contributed by atoms with E-state index in [1.165, 1.54) is 12.1 Å². The highest BCUT2D eigenvalue weighted by Crippen LogP contribution is 2.29. The van der Waals surface area contributed by atoms with Crippen LogP contribution in [0.15, 0.2) is 48.7 Å². The van der Waals surface area contributed by atoms with Crippen LogP contribution in [0.2, 0.25) is 0 Å². The summed E-state index contributed by atoms with van der Waals surface area (Å²) in [6, 6.07) is 14.2. The van der Waals surface area contributed by atoms with E-state index in [1.54, 1.807) is 18.2 Å². The van der Waals surface area contributed by atoms with Gasteiger partial charge in [-0.1, -0.05) is 37.5 Å². The first-order valence-corrected chi connectivity index (χ1v) is 12.1. The number of rotatable bonds is 7. The summed E-state index contributed by atoms with van der Waals surface area (Å²) < 4.78 is 5.55. The third-order valence-electron chi connectivity index (χ3n) is 7.01. The first-order valence-electron chi connectivity index (χ1n) is 12.1. The van der Waals surface area contributed by atoms with Gasteiger partial charge < -0.3 is 14.5 Å². The summed E-state index contributed by atoms with van der Waals surface area (Å²) in [5.41, 5.74) is 1.17. The Labute approximate surface area is 192 Å². The number of quaternary nitrogens is 1. The quantitative estimate of drug-likeness (QED) is 0.724. The van der Waals surface area contributed by atoms with Gasteiger partial charge in [0.15, 0.2) is 0 Å². The Morgan fingerprint density at radius 3 is 2.53 bits per heavy atom. The van der Waals surface area contributed by atoms with Crippen LogP contribution in [0.25, 0.3) is 0 Å². The summed E-state index contributed by atoms with van der Waals surface area (Å²) in [6.07, 6.45) is 7.40. The molecule has 2 aromatic rings. The molecule has 1 atom stereocenters. The number of carbonyl (C=O) groups is 1. The highest BCUT2D eigenvalue weighted by Gasteiger charge is 2.33. The van der Waals surface area contributed by atoms with Crippen LogP contribution < -0.4 is 19.4 Å². The van der Waals surface area contributed by atoms with E-state index in [2.05, 4.69) is 28.9 Å². The fourth-order valence-electron chi connectivity index (χ4n) is 5.27. The molecule has 6 heteroatoms. The molecule has 2 heterocycles. The third kappa shape index (κ3) is 5.23. The number of pyridine rings is 1. The maximum Gasteiger partial charge on any atom is 0.231 e. The van der Waals surface area contributed by atoms with Crippen molar-refractivity contribution in [2.24, 2.45) is 5.92 Å². The molecule has 1 saturated heterocycles. The van der Waals surface area contributed by atoms with E-state index in [1.807, 2.05) is 35.2 Å². The number of para-hydroxylation sites is 2. The van der Waals surface area contributed by atoms with Crippen molar-refractivity contribution in [3.8, 4) is 5.75 Å². The predicted molar refractivity (Wildman–Crippen MR) is 129 cm³/mol. The first kappa shape index (κ1) is 22.6. The second-order valence-electron chi connectivity index (χ2n) is 9.19. The molecule has 4 rings (SSSR count). The molecule has 172 valence electrons. The fourth-order valence-corrected chi connectivity index (χ4v) is 5.27. The van der Waals surface area contributed by atoms with Crippen molar-refractivity contribution in [3.05, 3.63) is 48.7 Å². The number of amides is 1. The van der Waals surface area contributed by atoms with Gasteiger partial charge in [0.2, 0.25) is 5.91 Å². The van der Waals surface area contributed by atoms with Gasteiger partial charge in [0.25, 0.3) is 0 Å². The molecule has 0 radical (unpaired) electrons. The van der Waals surface area contributed by atoms with E-state index in [4.69, 9.17) is 4.74 Å². The van der Waals surface area contributed by atoms with Gasteiger partial charge in [0.1, 0.15) is 11.6 Å². The summed E-state index contributed by atoms with van der Waals surface area (Å²) in [5.74, 6) is 2.14. The number of anilines is 2. The molecule has 1 aliphatic heterocycles. The fraction of sp³-hybridized carbons (Fsp3) is 0.538. The van der Waals surface area contributed by atoms with E-state index >= 15 is 0 Å². The van der Waals surface area contributed by atoms with Crippen molar-refractivity contribution in [2.45, 2.75) is 45.1 Å². The van der Waals surface area contributed by atoms with E-state index < -0.39 is 0 Å². The number of methoxy groups -OCH3 is 1. The normalized spacial score (nSPS) is 18.9. The van der Waals surface area contributed by atoms with Gasteiger partial charge in [-0.3, -0.25) is 9.69 Å². The molecule has 1 aromatic heterocycles. The zero-order valence-electron chi connectivity index (χ0n) is 19.5. The lowest BCUT2D eigenvalue weighted by Crippen LogP contribution is -3.16. The minimum Gasteiger partial charge on any atom is -0.495 e. The van der Waals surface area contributed by atoms with E-state index in [9.17, 15) is 4.79 Å². The molecule has 2 aliphatic rings. The lowest BCUT2D eigenvalue weighted by atomic mass is 9.88. The van der Waals surface area contributed by atoms with E-state index in [0.29, 0.717) is 0 Å². The molecule has 0 bridgehead atoms. The predicted octanol–water partition coefficient (Wildman–Crippen LogP) is 2.80. The summed E-state index contributed by atoms with van der Waals surface area (Å²) >= 11 is 0. The molecule has 1 saturated carbocycles. The monoisotopic (exact) mass is 437 g/mol. The van der Waals surface area contributed by atoms with Gasteiger partial charge in [0, 0.05) is 12.1 Å². The highest BCUT2D eigenvalue weighted by molar-refractivity contribution is 5.94. The number of aromatic nitrogens is 1. The number of nitrogens with one attached hydrogen (secondary N) is 1. The summed E-state index contributed by atoms with van der Waals surface area (Å²) in [7, 11) is 1.73. The van der Waals surface area contributed by atoms with Gasteiger partial charge in [0.05, 0.1) is 51.6 Å². The highest BCUT2D eigenvalue weighted by atomic mass is 16.5. The van der Waals surface area contributed by atoms with Crippen LogP contribution in [0.3, 0.4) is 0 Å². The molecule has 6 nitrogen and oxygen atoms in total. The minimum atomic E-state index is 0.118. The number of piperazine rings is 1. The summed E-state index contributed by atoms with van der Waals surface area (Å²) in [4.78, 5) is 24.0. The molecule has 0 unspecified atom stereocenters. The Hall–Kier alpha value is -2.60. The number of nitrogens with zero attached hydrogens (tertiary/aromatic N) is 3. The lowest BCUT2D eigenvalue weighted by Gasteiger charge is -2.38. The van der Waals surface area contributed by atoms with Crippen LogP contribution in [0.4, 0.5) is 11.5 Å². The summed E-state index contributed by atoms with van der Waals surface area (Å²) in [5, 5.41) is 0. The smallest absolute Gasteiger partial charge is 0.231 e. The third-order valence-corrected chi connectivity index (χ3v) is 7.01. The van der Waals surface area contributed by atoms with E-state index in [-0.39, 0.29) is 17.9 Å². The Bertz CT molecular complexity index is 861. The van der Waals surface area contributed by atoms with Crippen LogP contribution in [-0.4, -0.2) is 56.8 Å². The minimum absolute atomic E-state index is 0.118. The zero-order chi connectivity index (χ0) is 22.3. The van der Waals surface area contributed by atoms with Crippen molar-refractivity contribution in [1.29, 1.82) is 0 Å². The Balaban J connectivity index is 1.41. The standard InChI is InChI=1S/C26H36N4O2/c1-21(20-28-16-18-29(19-17-28)23-12-6-7-13-24(23)32-2)30(25-14-8-9-15-27-25)26(31)22-10-4-3-5-11-22/h6-9,12-15,21-22H,3-5,10-11,16-20H2,1-2H3/p+1/t21-/m1/s1. The average Bonchev–Trinajstić information content (AvgIpc) is 2.86. The average molecular weight is 438 g/mol. The second-order valence-corrected chi connectivity index (χ2v) is 9.19. The number of hydrogen-bond acceptors (Lipinski definition) is 4. The van der Waals surface area contributed by atoms with Crippen molar-refractivity contribution < 1.29 is 14.4 Å². The molecular weight excluding hydrogens is 400 g/mol. The zero-order valence-corrected chi connectivity index (χ0v) is 19.5. The van der Waals surface area contributed by atoms with E-state index in [0.717, 1.165) is 70.0 Å². The number of ether oxygens (including phenoxy) is 1. The van der Waals surface area contributed by atoms with Crippen LogP contribution >= 0.6 is 0 Å². The van der Waals surface area contributed by atoms with Gasteiger partial charge >= 0.3 is 0 Å². The first-order chi connectivity index (χ1) is 15.7. The van der Waals surface area contributed by atoms with Gasteiger partial charge in [-0.25, -0.2) is 4.98 Å². The molecule has 0 spiro atoms. The topological polar surface area (TPSA) is 50.1 Å². The number of hydrogen-bond donors (Lipinski definition) is 1. The number of carbonyl (C=O) groups excluding carboxylic acids is 1.